The highest BCUT2D eigenvalue weighted by molar-refractivity contribution is 5.69. The van der Waals surface area contributed by atoms with Crippen molar-refractivity contribution in [1.82, 2.24) is 0 Å². The molecule has 0 aliphatic heterocycles. The number of hydrogen-bond donors (Lipinski definition) is 0. The van der Waals surface area contributed by atoms with Crippen LogP contribution in [0.1, 0.15) is 78.6 Å². The lowest BCUT2D eigenvalue weighted by Crippen LogP contribution is -2.13. The predicted molar refractivity (Wildman–Crippen MR) is 94.7 cm³/mol. The molecule has 0 aromatic rings. The van der Waals surface area contributed by atoms with Crippen LogP contribution in [0, 0.1) is 5.92 Å². The Hall–Kier alpha value is -0.610. The van der Waals surface area contributed by atoms with Gasteiger partial charge in [0.05, 0.1) is 19.8 Å². The summed E-state index contributed by atoms with van der Waals surface area (Å²) >= 11 is 0. The molecule has 23 heavy (non-hydrogen) atoms. The lowest BCUT2D eigenvalue weighted by atomic mass is 10.0. The number of ether oxygens (including phenoxy) is 3. The summed E-state index contributed by atoms with van der Waals surface area (Å²) in [7, 11) is 0. The minimum atomic E-state index is -0.109. The Morgan fingerprint density at radius 1 is 0.826 bits per heavy atom. The molecule has 0 heterocycles. The zero-order valence-corrected chi connectivity index (χ0v) is 15.6. The second kappa shape index (κ2) is 17.7. The van der Waals surface area contributed by atoms with Gasteiger partial charge in [0.25, 0.3) is 0 Å². The summed E-state index contributed by atoms with van der Waals surface area (Å²) in [5, 5.41) is 0. The van der Waals surface area contributed by atoms with Crippen LogP contribution in [-0.2, 0) is 19.0 Å². The van der Waals surface area contributed by atoms with Crippen LogP contribution in [0.3, 0.4) is 0 Å². The third-order valence-electron chi connectivity index (χ3n) is 3.95. The van der Waals surface area contributed by atoms with E-state index in [1.165, 1.54) is 25.7 Å². The van der Waals surface area contributed by atoms with Crippen LogP contribution >= 0.6 is 0 Å². The molecule has 0 spiro atoms. The summed E-state index contributed by atoms with van der Waals surface area (Å²) in [6, 6.07) is 0. The van der Waals surface area contributed by atoms with Gasteiger partial charge in [-0.15, -0.1) is 0 Å². The highest BCUT2D eigenvalue weighted by atomic mass is 16.5. The highest BCUT2D eigenvalue weighted by Crippen LogP contribution is 2.12. The molecule has 0 rings (SSSR count). The minimum Gasteiger partial charge on any atom is -0.466 e. The van der Waals surface area contributed by atoms with Gasteiger partial charge in [0.15, 0.2) is 0 Å². The fraction of sp³-hybridized carbons (Fsp3) is 0.947. The predicted octanol–water partition coefficient (Wildman–Crippen LogP) is 4.75. The Balaban J connectivity index is 3.30. The first-order valence-electron chi connectivity index (χ1n) is 9.55. The van der Waals surface area contributed by atoms with Gasteiger partial charge in [-0.3, -0.25) is 4.79 Å². The number of hydrogen-bond acceptors (Lipinski definition) is 4. The summed E-state index contributed by atoms with van der Waals surface area (Å²) in [6.07, 6.45) is 9.37. The number of esters is 1. The summed E-state index contributed by atoms with van der Waals surface area (Å²) in [5.74, 6) is 0.570. The van der Waals surface area contributed by atoms with Gasteiger partial charge in [0.1, 0.15) is 0 Å². The Bertz CT molecular complexity index is 256. The van der Waals surface area contributed by atoms with Gasteiger partial charge in [0, 0.05) is 19.6 Å². The van der Waals surface area contributed by atoms with Crippen molar-refractivity contribution >= 4 is 5.97 Å². The summed E-state index contributed by atoms with van der Waals surface area (Å²) < 4.78 is 16.3. The largest absolute Gasteiger partial charge is 0.466 e. The molecule has 1 atom stereocenters. The Labute approximate surface area is 143 Å². The molecule has 0 radical (unpaired) electrons. The third-order valence-corrected chi connectivity index (χ3v) is 3.95. The van der Waals surface area contributed by atoms with Crippen LogP contribution in [0.25, 0.3) is 0 Å². The molecule has 0 aromatic carbocycles. The molecule has 0 saturated heterocycles. The molecular weight excluding hydrogens is 292 g/mol. The SMILES string of the molecule is CCCCCOC(=O)CCCOCCOCC(CC)CCCC. The van der Waals surface area contributed by atoms with Crippen LogP contribution < -0.4 is 0 Å². The molecule has 138 valence electrons. The summed E-state index contributed by atoms with van der Waals surface area (Å²) in [6.45, 7) is 9.82. The van der Waals surface area contributed by atoms with Gasteiger partial charge >= 0.3 is 5.97 Å². The minimum absolute atomic E-state index is 0.109. The van der Waals surface area contributed by atoms with Gasteiger partial charge in [-0.2, -0.15) is 0 Å². The van der Waals surface area contributed by atoms with E-state index >= 15 is 0 Å². The maximum Gasteiger partial charge on any atom is 0.305 e. The van der Waals surface area contributed by atoms with Crippen molar-refractivity contribution in [2.75, 3.05) is 33.0 Å². The average molecular weight is 331 g/mol. The van der Waals surface area contributed by atoms with E-state index in [1.807, 2.05) is 0 Å². The van der Waals surface area contributed by atoms with E-state index in [1.54, 1.807) is 0 Å². The monoisotopic (exact) mass is 330 g/mol. The number of carbonyl (C=O) groups excluding carboxylic acids is 1. The maximum absolute atomic E-state index is 11.4. The lowest BCUT2D eigenvalue weighted by Gasteiger charge is -2.14. The van der Waals surface area contributed by atoms with Crippen LogP contribution in [0.5, 0.6) is 0 Å². The van der Waals surface area contributed by atoms with E-state index < -0.39 is 0 Å². The molecule has 0 aromatic heterocycles. The fourth-order valence-electron chi connectivity index (χ4n) is 2.30. The van der Waals surface area contributed by atoms with Crippen LogP contribution in [0.2, 0.25) is 0 Å². The van der Waals surface area contributed by atoms with Gasteiger partial charge < -0.3 is 14.2 Å². The van der Waals surface area contributed by atoms with Crippen molar-refractivity contribution < 1.29 is 19.0 Å². The van der Waals surface area contributed by atoms with Crippen LogP contribution in [0.15, 0.2) is 0 Å². The van der Waals surface area contributed by atoms with Crippen molar-refractivity contribution in [1.29, 1.82) is 0 Å². The molecule has 0 saturated carbocycles. The number of rotatable bonds is 17. The second-order valence-corrected chi connectivity index (χ2v) is 6.13. The molecule has 1 unspecified atom stereocenters. The van der Waals surface area contributed by atoms with E-state index in [-0.39, 0.29) is 5.97 Å². The standard InChI is InChI=1S/C19H38O4/c1-4-7-9-14-23-19(20)12-10-13-21-15-16-22-17-18(6-3)11-8-5-2/h18H,4-17H2,1-3H3. The zero-order chi connectivity index (χ0) is 17.2. The zero-order valence-electron chi connectivity index (χ0n) is 15.6. The molecule has 0 bridgehead atoms. The molecular formula is C19H38O4. The summed E-state index contributed by atoms with van der Waals surface area (Å²) in [4.78, 5) is 11.4. The first-order valence-corrected chi connectivity index (χ1v) is 9.55. The van der Waals surface area contributed by atoms with Crippen molar-refractivity contribution in [2.45, 2.75) is 78.6 Å². The van der Waals surface area contributed by atoms with E-state index in [2.05, 4.69) is 20.8 Å². The van der Waals surface area contributed by atoms with Crippen LogP contribution in [-0.4, -0.2) is 39.0 Å². The van der Waals surface area contributed by atoms with Gasteiger partial charge in [-0.25, -0.2) is 0 Å². The maximum atomic E-state index is 11.4. The Morgan fingerprint density at radius 2 is 1.57 bits per heavy atom. The summed E-state index contributed by atoms with van der Waals surface area (Å²) in [5.41, 5.74) is 0. The van der Waals surface area contributed by atoms with E-state index in [0.717, 1.165) is 32.3 Å². The first-order chi connectivity index (χ1) is 11.2. The van der Waals surface area contributed by atoms with Gasteiger partial charge in [-0.05, 0) is 25.2 Å². The van der Waals surface area contributed by atoms with Crippen molar-refractivity contribution in [3.05, 3.63) is 0 Å². The molecule has 0 aliphatic carbocycles. The first kappa shape index (κ1) is 22.4. The topological polar surface area (TPSA) is 44.8 Å². The van der Waals surface area contributed by atoms with E-state index in [4.69, 9.17) is 14.2 Å². The Kier molecular flexibility index (Phi) is 17.3. The number of carbonyl (C=O) groups is 1. The molecule has 0 fully saturated rings. The van der Waals surface area contributed by atoms with Crippen molar-refractivity contribution in [3.63, 3.8) is 0 Å². The van der Waals surface area contributed by atoms with Crippen molar-refractivity contribution in [3.8, 4) is 0 Å². The molecule has 4 heteroatoms. The van der Waals surface area contributed by atoms with Gasteiger partial charge in [-0.1, -0.05) is 52.9 Å². The van der Waals surface area contributed by atoms with E-state index in [0.29, 0.717) is 38.8 Å². The normalized spacial score (nSPS) is 12.3. The second-order valence-electron chi connectivity index (χ2n) is 6.13. The molecule has 0 aliphatic rings. The molecule has 0 N–H and O–H groups in total. The third kappa shape index (κ3) is 16.0. The fourth-order valence-corrected chi connectivity index (χ4v) is 2.30. The number of unbranched alkanes of at least 4 members (excludes halogenated alkanes) is 3. The average Bonchev–Trinajstić information content (AvgIpc) is 2.56. The molecule has 0 amide bonds. The Morgan fingerprint density at radius 3 is 2.26 bits per heavy atom. The highest BCUT2D eigenvalue weighted by Gasteiger charge is 2.06. The van der Waals surface area contributed by atoms with Crippen molar-refractivity contribution in [2.24, 2.45) is 5.92 Å². The van der Waals surface area contributed by atoms with Gasteiger partial charge in [0.2, 0.25) is 0 Å². The quantitative estimate of drug-likeness (QED) is 0.285. The van der Waals surface area contributed by atoms with Crippen LogP contribution in [0.4, 0.5) is 0 Å². The smallest absolute Gasteiger partial charge is 0.305 e. The molecule has 4 nitrogen and oxygen atoms in total. The lowest BCUT2D eigenvalue weighted by molar-refractivity contribution is -0.144. The van der Waals surface area contributed by atoms with E-state index in [9.17, 15) is 4.79 Å².